The third-order valence-corrected chi connectivity index (χ3v) is 12.7. The molecule has 0 radical (unpaired) electrons. The Labute approximate surface area is 388 Å². The minimum atomic E-state index is -0.693. The summed E-state index contributed by atoms with van der Waals surface area (Å²) in [6, 6.07) is 12.7. The normalized spacial score (nSPS) is 19.3. The second kappa shape index (κ2) is 22.0. The molecule has 1 unspecified atom stereocenters. The van der Waals surface area contributed by atoms with Crippen molar-refractivity contribution in [2.45, 2.75) is 95.6 Å². The number of hydrogen-bond donors (Lipinski definition) is 5. The van der Waals surface area contributed by atoms with E-state index in [1.165, 1.54) is 17.7 Å². The molecule has 19 heteroatoms. The Kier molecular flexibility index (Phi) is 15.5. The van der Waals surface area contributed by atoms with Gasteiger partial charge in [0.05, 0.1) is 56.0 Å². The number of nitrogens with zero attached hydrogens (tertiary/aromatic N) is 5. The molecule has 350 valence electrons. The van der Waals surface area contributed by atoms with Crippen LogP contribution in [0.15, 0.2) is 54.9 Å². The number of aromatic nitrogens is 4. The summed E-state index contributed by atoms with van der Waals surface area (Å²) in [5.41, 5.74) is 5.83. The zero-order valence-electron chi connectivity index (χ0n) is 37.1. The van der Waals surface area contributed by atoms with E-state index in [0.29, 0.717) is 65.6 Å². The lowest BCUT2D eigenvalue weighted by molar-refractivity contribution is -0.137. The number of benzene rings is 2. The molecule has 4 aromatic rings. The van der Waals surface area contributed by atoms with Crippen molar-refractivity contribution in [3.8, 4) is 17.0 Å². The van der Waals surface area contributed by atoms with Gasteiger partial charge in [0, 0.05) is 61.0 Å². The predicted molar refractivity (Wildman–Crippen MR) is 243 cm³/mol. The molecule has 1 atom stereocenters. The molecular formula is C47H57ClN10O8. The third-order valence-electron chi connectivity index (χ3n) is 12.5. The average Bonchev–Trinajstić information content (AvgIpc) is 3.99. The van der Waals surface area contributed by atoms with Gasteiger partial charge in [-0.05, 0) is 80.5 Å². The van der Waals surface area contributed by atoms with Crippen LogP contribution < -0.4 is 31.3 Å². The molecular weight excluding hydrogens is 868 g/mol. The van der Waals surface area contributed by atoms with Crippen LogP contribution in [0.1, 0.15) is 84.1 Å². The van der Waals surface area contributed by atoms with Crippen LogP contribution in [0.25, 0.3) is 11.3 Å². The molecule has 0 bridgehead atoms. The highest BCUT2D eigenvalue weighted by Gasteiger charge is 2.40. The number of amides is 5. The number of anilines is 1. The highest BCUT2D eigenvalue weighted by Crippen LogP contribution is 2.37. The maximum atomic E-state index is 13.1. The molecule has 2 aliphatic carbocycles. The van der Waals surface area contributed by atoms with Gasteiger partial charge < -0.3 is 40.4 Å². The van der Waals surface area contributed by atoms with Crippen LogP contribution >= 0.6 is 11.6 Å². The van der Waals surface area contributed by atoms with Crippen molar-refractivity contribution >= 4 is 47.1 Å². The molecule has 3 fully saturated rings. The van der Waals surface area contributed by atoms with E-state index in [1.54, 1.807) is 24.4 Å². The van der Waals surface area contributed by atoms with E-state index < -0.39 is 11.9 Å². The number of fused-ring (bicyclic) bond motifs is 1. The number of piperidine rings is 1. The monoisotopic (exact) mass is 924 g/mol. The number of aryl methyl sites for hydroxylation is 1. The van der Waals surface area contributed by atoms with Crippen molar-refractivity contribution in [1.29, 1.82) is 0 Å². The van der Waals surface area contributed by atoms with Crippen LogP contribution in [0.4, 0.5) is 5.95 Å². The molecule has 2 aliphatic heterocycles. The molecule has 5 amide bonds. The molecule has 0 spiro atoms. The van der Waals surface area contributed by atoms with Gasteiger partial charge in [-0.1, -0.05) is 41.9 Å². The van der Waals surface area contributed by atoms with E-state index in [-0.39, 0.29) is 81.7 Å². The SMILES string of the molecule is Cn1ncc(-c2nc(N[C@H]3CC[C@H](NCC(=O)NCCOCCOCC(=O)NCc4ccc(COc5cccc6c5CN(C5CCC(=O)NC5=O)C6=O)cc4)CC3)ncc2Cl)c1CC1CC1. The van der Waals surface area contributed by atoms with Crippen molar-refractivity contribution in [2.75, 3.05) is 44.8 Å². The van der Waals surface area contributed by atoms with Crippen LogP contribution in [0.3, 0.4) is 0 Å². The molecule has 8 rings (SSSR count). The predicted octanol–water partition coefficient (Wildman–Crippen LogP) is 3.60. The lowest BCUT2D eigenvalue weighted by Crippen LogP contribution is -2.52. The highest BCUT2D eigenvalue weighted by atomic mass is 35.5. The molecule has 2 aromatic heterocycles. The van der Waals surface area contributed by atoms with Gasteiger partial charge in [0.15, 0.2) is 0 Å². The first-order valence-electron chi connectivity index (χ1n) is 22.8. The maximum absolute atomic E-state index is 13.1. The number of rotatable bonds is 22. The van der Waals surface area contributed by atoms with Crippen LogP contribution in [0.5, 0.6) is 5.75 Å². The fourth-order valence-electron chi connectivity index (χ4n) is 8.55. The summed E-state index contributed by atoms with van der Waals surface area (Å²) in [6.07, 6.45) is 11.2. The Morgan fingerprint density at radius 3 is 2.42 bits per heavy atom. The van der Waals surface area contributed by atoms with Crippen LogP contribution in [0, 0.1) is 5.92 Å². The van der Waals surface area contributed by atoms with Crippen LogP contribution in [0.2, 0.25) is 5.02 Å². The van der Waals surface area contributed by atoms with Crippen molar-refractivity contribution in [3.05, 3.63) is 87.8 Å². The van der Waals surface area contributed by atoms with Gasteiger partial charge in [0.25, 0.3) is 5.91 Å². The van der Waals surface area contributed by atoms with Crippen LogP contribution in [-0.4, -0.2) is 112 Å². The minimum absolute atomic E-state index is 0.0938. The summed E-state index contributed by atoms with van der Waals surface area (Å²) < 4.78 is 19.0. The van der Waals surface area contributed by atoms with Crippen molar-refractivity contribution < 1.29 is 38.2 Å². The molecule has 18 nitrogen and oxygen atoms in total. The van der Waals surface area contributed by atoms with E-state index in [2.05, 4.69) is 36.7 Å². The largest absolute Gasteiger partial charge is 0.489 e. The lowest BCUT2D eigenvalue weighted by Gasteiger charge is -2.29. The molecule has 2 saturated carbocycles. The van der Waals surface area contributed by atoms with Crippen molar-refractivity contribution in [3.63, 3.8) is 0 Å². The molecule has 2 aromatic carbocycles. The van der Waals surface area contributed by atoms with E-state index in [1.807, 2.05) is 42.2 Å². The number of carbonyl (C=O) groups is 5. The molecule has 1 saturated heterocycles. The van der Waals surface area contributed by atoms with Gasteiger partial charge in [-0.15, -0.1) is 0 Å². The van der Waals surface area contributed by atoms with Crippen LogP contribution in [-0.2, 0) is 61.8 Å². The van der Waals surface area contributed by atoms with E-state index >= 15 is 0 Å². The Balaban J connectivity index is 0.639. The number of hydrogen-bond acceptors (Lipinski definition) is 13. The topological polar surface area (TPSA) is 220 Å². The molecule has 4 heterocycles. The smallest absolute Gasteiger partial charge is 0.255 e. The standard InChI is InChI=1S/C47H57ClN10O8/c1-57-39(21-29-5-6-29)35(23-53-57)44-37(48)24-52-47(56-44)54-33-13-11-32(12-14-33)50-25-42(60)49-17-18-64-19-20-65-28-43(61)51-22-30-7-9-31(10-8-30)27-66-40-4-2-3-34-36(40)26-58(46(34)63)38-15-16-41(59)55-45(38)62/h2-4,7-10,23-24,29,32-33,38,50H,5-6,11-22,25-28H2,1H3,(H,49,60)(H,51,61)(H,52,54,56)(H,55,59,62)/t32-,33-,38?. The van der Waals surface area contributed by atoms with Crippen molar-refractivity contribution in [2.24, 2.45) is 13.0 Å². The van der Waals surface area contributed by atoms with Gasteiger partial charge in [0.2, 0.25) is 29.6 Å². The summed E-state index contributed by atoms with van der Waals surface area (Å²) in [7, 11) is 1.96. The van der Waals surface area contributed by atoms with Gasteiger partial charge in [-0.25, -0.2) is 9.97 Å². The fourth-order valence-corrected chi connectivity index (χ4v) is 8.75. The first-order chi connectivity index (χ1) is 32.1. The van der Waals surface area contributed by atoms with E-state index in [4.69, 9.17) is 30.8 Å². The zero-order chi connectivity index (χ0) is 46.0. The third kappa shape index (κ3) is 12.3. The maximum Gasteiger partial charge on any atom is 0.255 e. The summed E-state index contributed by atoms with van der Waals surface area (Å²) in [5, 5.41) is 19.9. The Morgan fingerprint density at radius 2 is 1.64 bits per heavy atom. The molecule has 5 N–H and O–H groups in total. The summed E-state index contributed by atoms with van der Waals surface area (Å²) >= 11 is 6.56. The first-order valence-corrected chi connectivity index (χ1v) is 23.2. The Hall–Kier alpha value is -5.95. The van der Waals surface area contributed by atoms with E-state index in [9.17, 15) is 24.0 Å². The molecule has 4 aliphatic rings. The number of halogens is 1. The second-order valence-electron chi connectivity index (χ2n) is 17.3. The quantitative estimate of drug-likeness (QED) is 0.0563. The Morgan fingerprint density at radius 1 is 0.864 bits per heavy atom. The summed E-state index contributed by atoms with van der Waals surface area (Å²) in [6.45, 7) is 2.15. The summed E-state index contributed by atoms with van der Waals surface area (Å²) in [5.74, 6) is 0.448. The van der Waals surface area contributed by atoms with Crippen molar-refractivity contribution in [1.82, 2.24) is 45.9 Å². The fraction of sp³-hybridized carbons (Fsp3) is 0.489. The zero-order valence-corrected chi connectivity index (χ0v) is 37.9. The first kappa shape index (κ1) is 46.6. The van der Waals surface area contributed by atoms with Gasteiger partial charge in [-0.3, -0.25) is 34.0 Å². The number of ether oxygens (including phenoxy) is 3. The van der Waals surface area contributed by atoms with E-state index in [0.717, 1.165) is 54.5 Å². The molecule has 66 heavy (non-hydrogen) atoms. The lowest BCUT2D eigenvalue weighted by atomic mass is 9.91. The number of imide groups is 1. The highest BCUT2D eigenvalue weighted by molar-refractivity contribution is 6.33. The van der Waals surface area contributed by atoms with Gasteiger partial charge in [0.1, 0.15) is 25.0 Å². The average molecular weight is 925 g/mol. The Bertz CT molecular complexity index is 2380. The van der Waals surface area contributed by atoms with Gasteiger partial charge >= 0.3 is 0 Å². The minimum Gasteiger partial charge on any atom is -0.489 e. The summed E-state index contributed by atoms with van der Waals surface area (Å²) in [4.78, 5) is 72.7. The second-order valence-corrected chi connectivity index (χ2v) is 17.7. The van der Waals surface area contributed by atoms with Gasteiger partial charge in [-0.2, -0.15) is 5.10 Å². The number of carbonyl (C=O) groups excluding carboxylic acids is 5. The number of nitrogens with one attached hydrogen (secondary N) is 5.